The number of nitrogens with one attached hydrogen (secondary N) is 1. The second kappa shape index (κ2) is 5.56. The first-order valence-corrected chi connectivity index (χ1v) is 6.90. The van der Waals surface area contributed by atoms with Crippen molar-refractivity contribution in [2.75, 3.05) is 19.0 Å². The summed E-state index contributed by atoms with van der Waals surface area (Å²) < 4.78 is 18.5. The molecular weight excluding hydrogens is 269 g/mol. The van der Waals surface area contributed by atoms with Gasteiger partial charge in [0.05, 0.1) is 7.11 Å². The number of Topliss-reactive ketones (excluding diaryl/α,β-unsaturated/α-hetero) is 1. The molecule has 1 aliphatic heterocycles. The number of carbonyl (C=O) groups excluding carboxylic acids is 1. The van der Waals surface area contributed by atoms with E-state index >= 15 is 0 Å². The summed E-state index contributed by atoms with van der Waals surface area (Å²) in [5, 5.41) is 3.25. The number of halogens is 1. The zero-order valence-electron chi connectivity index (χ0n) is 11.8. The summed E-state index contributed by atoms with van der Waals surface area (Å²) in [5.74, 6) is -0.276. The molecule has 1 N–H and O–H groups in total. The number of hydrogen-bond acceptors (Lipinski definition) is 3. The maximum atomic E-state index is 13.6. The Morgan fingerprint density at radius 2 is 2.14 bits per heavy atom. The molecule has 0 spiro atoms. The maximum absolute atomic E-state index is 13.6. The highest BCUT2D eigenvalue weighted by atomic mass is 19.1. The van der Waals surface area contributed by atoms with Gasteiger partial charge in [0.15, 0.2) is 17.3 Å². The Bertz CT molecular complexity index is 697. The number of methoxy groups -OCH3 is 1. The van der Waals surface area contributed by atoms with Gasteiger partial charge in [-0.05, 0) is 35.7 Å². The molecular formula is C17H16FNO2. The second-order valence-corrected chi connectivity index (χ2v) is 5.12. The van der Waals surface area contributed by atoms with Gasteiger partial charge in [0.25, 0.3) is 0 Å². The lowest BCUT2D eigenvalue weighted by Crippen LogP contribution is -2.04. The summed E-state index contributed by atoms with van der Waals surface area (Å²) in [5.41, 5.74) is 3.56. The van der Waals surface area contributed by atoms with Gasteiger partial charge in [-0.15, -0.1) is 0 Å². The van der Waals surface area contributed by atoms with Crippen LogP contribution in [0.1, 0.15) is 21.5 Å². The van der Waals surface area contributed by atoms with E-state index in [9.17, 15) is 9.18 Å². The highest BCUT2D eigenvalue weighted by Gasteiger charge is 2.14. The van der Waals surface area contributed by atoms with Crippen molar-refractivity contribution in [3.63, 3.8) is 0 Å². The predicted octanol–water partition coefficient (Wildman–Crippen LogP) is 3.23. The molecule has 0 unspecified atom stereocenters. The summed E-state index contributed by atoms with van der Waals surface area (Å²) in [6.07, 6.45) is 1.17. The first-order chi connectivity index (χ1) is 10.2. The molecule has 0 fully saturated rings. The van der Waals surface area contributed by atoms with Crippen LogP contribution in [0.4, 0.5) is 10.1 Å². The fraction of sp³-hybridized carbons (Fsp3) is 0.235. The minimum Gasteiger partial charge on any atom is -0.494 e. The molecule has 3 nitrogen and oxygen atoms in total. The number of rotatable bonds is 4. The third-order valence-electron chi connectivity index (χ3n) is 3.72. The maximum Gasteiger partial charge on any atom is 0.167 e. The minimum atomic E-state index is -0.446. The van der Waals surface area contributed by atoms with Gasteiger partial charge in [0.1, 0.15) is 0 Å². The van der Waals surface area contributed by atoms with Gasteiger partial charge in [-0.25, -0.2) is 4.39 Å². The molecule has 0 amide bonds. The molecule has 0 bridgehead atoms. The normalized spacial score (nSPS) is 12.7. The number of hydrogen-bond donors (Lipinski definition) is 1. The first-order valence-electron chi connectivity index (χ1n) is 6.90. The van der Waals surface area contributed by atoms with Gasteiger partial charge < -0.3 is 10.1 Å². The minimum absolute atomic E-state index is 0.0175. The number of fused-ring (bicyclic) bond motifs is 1. The zero-order chi connectivity index (χ0) is 14.8. The van der Waals surface area contributed by atoms with E-state index in [4.69, 9.17) is 4.74 Å². The molecule has 108 valence electrons. The van der Waals surface area contributed by atoms with Crippen molar-refractivity contribution >= 4 is 11.5 Å². The molecule has 0 saturated heterocycles. The van der Waals surface area contributed by atoms with Gasteiger partial charge in [0, 0.05) is 24.2 Å². The number of benzene rings is 2. The molecule has 0 aliphatic carbocycles. The van der Waals surface area contributed by atoms with Crippen molar-refractivity contribution in [1.29, 1.82) is 0 Å². The van der Waals surface area contributed by atoms with Crippen molar-refractivity contribution in [2.45, 2.75) is 12.8 Å². The Balaban J connectivity index is 1.78. The van der Waals surface area contributed by atoms with E-state index in [0.717, 1.165) is 18.7 Å². The molecule has 21 heavy (non-hydrogen) atoms. The van der Waals surface area contributed by atoms with Crippen molar-refractivity contribution < 1.29 is 13.9 Å². The number of ether oxygens (including phenoxy) is 1. The highest BCUT2D eigenvalue weighted by Crippen LogP contribution is 2.24. The van der Waals surface area contributed by atoms with Crippen LogP contribution in [0.2, 0.25) is 0 Å². The molecule has 2 aromatic rings. The Morgan fingerprint density at radius 1 is 1.29 bits per heavy atom. The van der Waals surface area contributed by atoms with Crippen LogP contribution in [0.3, 0.4) is 0 Å². The van der Waals surface area contributed by atoms with E-state index in [1.807, 2.05) is 18.2 Å². The molecule has 0 aromatic heterocycles. The monoisotopic (exact) mass is 285 g/mol. The van der Waals surface area contributed by atoms with E-state index in [1.54, 1.807) is 12.1 Å². The van der Waals surface area contributed by atoms with E-state index in [-0.39, 0.29) is 18.0 Å². The van der Waals surface area contributed by atoms with Crippen LogP contribution >= 0.6 is 0 Å². The third kappa shape index (κ3) is 2.75. The van der Waals surface area contributed by atoms with E-state index in [0.29, 0.717) is 11.1 Å². The van der Waals surface area contributed by atoms with Crippen molar-refractivity contribution in [2.24, 2.45) is 0 Å². The molecule has 2 aromatic carbocycles. The zero-order valence-corrected chi connectivity index (χ0v) is 11.8. The summed E-state index contributed by atoms with van der Waals surface area (Å²) in [7, 11) is 1.42. The molecule has 1 aliphatic rings. The van der Waals surface area contributed by atoms with Crippen LogP contribution in [0, 0.1) is 5.82 Å². The van der Waals surface area contributed by atoms with Crippen molar-refractivity contribution in [3.05, 3.63) is 58.9 Å². The van der Waals surface area contributed by atoms with Crippen LogP contribution in [0.15, 0.2) is 36.4 Å². The van der Waals surface area contributed by atoms with Gasteiger partial charge in [-0.2, -0.15) is 0 Å². The second-order valence-electron chi connectivity index (χ2n) is 5.12. The van der Waals surface area contributed by atoms with Gasteiger partial charge in [-0.3, -0.25) is 4.79 Å². The molecule has 0 saturated carbocycles. The summed E-state index contributed by atoms with van der Waals surface area (Å²) >= 11 is 0. The Hall–Kier alpha value is -2.36. The van der Waals surface area contributed by atoms with Crippen LogP contribution in [-0.4, -0.2) is 19.4 Å². The van der Waals surface area contributed by atoms with E-state index in [2.05, 4.69) is 5.32 Å². The van der Waals surface area contributed by atoms with Gasteiger partial charge in [0.2, 0.25) is 0 Å². The van der Waals surface area contributed by atoms with E-state index in [1.165, 1.54) is 18.7 Å². The van der Waals surface area contributed by atoms with Crippen molar-refractivity contribution in [1.82, 2.24) is 0 Å². The Kier molecular flexibility index (Phi) is 3.60. The van der Waals surface area contributed by atoms with Crippen LogP contribution in [0.5, 0.6) is 5.75 Å². The Labute approximate surface area is 122 Å². The smallest absolute Gasteiger partial charge is 0.167 e. The average molecular weight is 285 g/mol. The Morgan fingerprint density at radius 3 is 2.90 bits per heavy atom. The van der Waals surface area contributed by atoms with Crippen LogP contribution in [-0.2, 0) is 12.8 Å². The average Bonchev–Trinajstić information content (AvgIpc) is 2.94. The fourth-order valence-corrected chi connectivity index (χ4v) is 2.57. The standard InChI is InChI=1S/C17H16FNO2/c1-21-17-5-2-11(8-14(17)18)9-16(20)13-4-3-12-6-7-19-15(12)10-13/h2-5,8,10,19H,6-7,9H2,1H3. The predicted molar refractivity (Wildman–Crippen MR) is 79.6 cm³/mol. The molecule has 0 radical (unpaired) electrons. The quantitative estimate of drug-likeness (QED) is 0.877. The summed E-state index contributed by atoms with van der Waals surface area (Å²) in [6, 6.07) is 10.3. The number of ketones is 1. The fourth-order valence-electron chi connectivity index (χ4n) is 2.57. The van der Waals surface area contributed by atoms with Gasteiger partial charge >= 0.3 is 0 Å². The van der Waals surface area contributed by atoms with Crippen molar-refractivity contribution in [3.8, 4) is 5.75 Å². The summed E-state index contributed by atoms with van der Waals surface area (Å²) in [6.45, 7) is 0.913. The molecule has 0 atom stereocenters. The summed E-state index contributed by atoms with van der Waals surface area (Å²) in [4.78, 5) is 12.3. The topological polar surface area (TPSA) is 38.3 Å². The lowest BCUT2D eigenvalue weighted by Gasteiger charge is -2.06. The molecule has 1 heterocycles. The van der Waals surface area contributed by atoms with E-state index < -0.39 is 5.82 Å². The first kappa shape index (κ1) is 13.6. The van der Waals surface area contributed by atoms with Crippen LogP contribution in [0.25, 0.3) is 0 Å². The van der Waals surface area contributed by atoms with Gasteiger partial charge in [-0.1, -0.05) is 18.2 Å². The SMILES string of the molecule is COc1ccc(CC(=O)c2ccc3c(c2)NCC3)cc1F. The molecule has 3 rings (SSSR count). The molecule has 4 heteroatoms. The number of anilines is 1. The third-order valence-corrected chi connectivity index (χ3v) is 3.72. The largest absolute Gasteiger partial charge is 0.494 e. The lowest BCUT2D eigenvalue weighted by atomic mass is 10.0. The van der Waals surface area contributed by atoms with Crippen LogP contribution < -0.4 is 10.1 Å². The number of carbonyl (C=O) groups is 1. The highest BCUT2D eigenvalue weighted by molar-refractivity contribution is 5.98. The lowest BCUT2D eigenvalue weighted by molar-refractivity contribution is 0.0993.